The normalized spacial score (nSPS) is 17.8. The summed E-state index contributed by atoms with van der Waals surface area (Å²) in [5.41, 5.74) is 3.22. The third-order valence-corrected chi connectivity index (χ3v) is 5.05. The number of thiazole rings is 1. The number of nitrogens with zero attached hydrogens (tertiary/aromatic N) is 1. The van der Waals surface area contributed by atoms with Gasteiger partial charge in [-0.05, 0) is 31.2 Å². The van der Waals surface area contributed by atoms with Crippen molar-refractivity contribution in [2.45, 2.75) is 38.5 Å². The van der Waals surface area contributed by atoms with Crippen LogP contribution in [0.2, 0.25) is 0 Å². The summed E-state index contributed by atoms with van der Waals surface area (Å²) in [5.74, 6) is -1.16. The highest BCUT2D eigenvalue weighted by molar-refractivity contribution is 7.15. The Morgan fingerprint density at radius 2 is 2.25 bits per heavy atom. The van der Waals surface area contributed by atoms with Gasteiger partial charge in [0.05, 0.1) is 11.6 Å². The predicted molar refractivity (Wildman–Crippen MR) is 80.2 cm³/mol. The van der Waals surface area contributed by atoms with Crippen LogP contribution in [0, 0.1) is 0 Å². The van der Waals surface area contributed by atoms with Crippen LogP contribution >= 0.6 is 11.3 Å². The standard InChI is InChI=1S/C16H17NO2S/c1-2-10-6-3-4-7-11(10)15-17-14-12(16(18)19)8-5-9-13(14)20-15/h3-4,6-7,12H,2,5,8-9H2,1H3,(H,18,19). The van der Waals surface area contributed by atoms with Crippen LogP contribution < -0.4 is 0 Å². The molecule has 1 aromatic heterocycles. The van der Waals surface area contributed by atoms with Gasteiger partial charge in [-0.3, -0.25) is 4.79 Å². The van der Waals surface area contributed by atoms with E-state index < -0.39 is 11.9 Å². The molecule has 1 unspecified atom stereocenters. The van der Waals surface area contributed by atoms with Crippen molar-refractivity contribution in [3.8, 4) is 10.6 Å². The summed E-state index contributed by atoms with van der Waals surface area (Å²) >= 11 is 1.66. The molecule has 4 heteroatoms. The first-order chi connectivity index (χ1) is 9.70. The first kappa shape index (κ1) is 13.3. The number of aromatic nitrogens is 1. The van der Waals surface area contributed by atoms with Crippen molar-refractivity contribution in [1.29, 1.82) is 0 Å². The zero-order valence-corrected chi connectivity index (χ0v) is 12.2. The fourth-order valence-electron chi connectivity index (χ4n) is 2.81. The molecule has 0 saturated heterocycles. The van der Waals surface area contributed by atoms with Gasteiger partial charge in [-0.15, -0.1) is 11.3 Å². The Bertz CT molecular complexity index is 648. The summed E-state index contributed by atoms with van der Waals surface area (Å²) in [6.07, 6.45) is 3.58. The van der Waals surface area contributed by atoms with E-state index in [4.69, 9.17) is 0 Å². The van der Waals surface area contributed by atoms with Crippen LogP contribution in [0.5, 0.6) is 0 Å². The minimum absolute atomic E-state index is 0.419. The number of aliphatic carboxylic acids is 1. The number of hydrogen-bond acceptors (Lipinski definition) is 3. The maximum Gasteiger partial charge on any atom is 0.312 e. The molecule has 0 bridgehead atoms. The molecule has 0 saturated carbocycles. The molecule has 0 amide bonds. The number of benzene rings is 1. The predicted octanol–water partition coefficient (Wildman–Crippen LogP) is 3.88. The SMILES string of the molecule is CCc1ccccc1-c1nc2c(s1)CCCC2C(=O)O. The lowest BCUT2D eigenvalue weighted by Gasteiger charge is -2.16. The lowest BCUT2D eigenvalue weighted by Crippen LogP contribution is -2.17. The summed E-state index contributed by atoms with van der Waals surface area (Å²) in [5, 5.41) is 10.3. The van der Waals surface area contributed by atoms with Gasteiger partial charge in [-0.2, -0.15) is 0 Å². The zero-order chi connectivity index (χ0) is 14.1. The molecule has 1 aliphatic rings. The second kappa shape index (κ2) is 5.37. The minimum Gasteiger partial charge on any atom is -0.481 e. The van der Waals surface area contributed by atoms with Crippen LogP contribution in [0.1, 0.15) is 41.8 Å². The van der Waals surface area contributed by atoms with Gasteiger partial charge in [0.15, 0.2) is 0 Å². The molecule has 0 aliphatic heterocycles. The molecule has 1 N–H and O–H groups in total. The molecule has 2 aromatic rings. The molecule has 3 nitrogen and oxygen atoms in total. The smallest absolute Gasteiger partial charge is 0.312 e. The molecule has 1 heterocycles. The second-order valence-corrected chi connectivity index (χ2v) is 6.20. The highest BCUT2D eigenvalue weighted by atomic mass is 32.1. The Morgan fingerprint density at radius 1 is 1.45 bits per heavy atom. The van der Waals surface area contributed by atoms with Gasteiger partial charge in [-0.1, -0.05) is 31.2 Å². The molecule has 3 rings (SSSR count). The molecular formula is C16H17NO2S. The van der Waals surface area contributed by atoms with Crippen LogP contribution in [0.3, 0.4) is 0 Å². The molecular weight excluding hydrogens is 270 g/mol. The summed E-state index contributed by atoms with van der Waals surface area (Å²) in [7, 11) is 0. The molecule has 1 aliphatic carbocycles. The Morgan fingerprint density at radius 3 is 3.00 bits per heavy atom. The van der Waals surface area contributed by atoms with Crippen LogP contribution in [0.15, 0.2) is 24.3 Å². The van der Waals surface area contributed by atoms with Gasteiger partial charge < -0.3 is 5.11 Å². The highest BCUT2D eigenvalue weighted by Crippen LogP contribution is 2.39. The van der Waals surface area contributed by atoms with Crippen molar-refractivity contribution < 1.29 is 9.90 Å². The molecule has 1 aromatic carbocycles. The average Bonchev–Trinajstić information content (AvgIpc) is 2.90. The number of rotatable bonds is 3. The van der Waals surface area contributed by atoms with Gasteiger partial charge in [0.25, 0.3) is 0 Å². The number of aryl methyl sites for hydroxylation is 2. The van der Waals surface area contributed by atoms with E-state index in [2.05, 4.69) is 24.0 Å². The Hall–Kier alpha value is -1.68. The maximum absolute atomic E-state index is 11.4. The number of carbonyl (C=O) groups is 1. The Labute approximate surface area is 122 Å². The van der Waals surface area contributed by atoms with E-state index >= 15 is 0 Å². The number of fused-ring (bicyclic) bond motifs is 1. The molecule has 0 spiro atoms. The van der Waals surface area contributed by atoms with Crippen molar-refractivity contribution in [3.63, 3.8) is 0 Å². The number of carboxylic acid groups (broad SMARTS) is 1. The van der Waals surface area contributed by atoms with Crippen LogP contribution in [0.25, 0.3) is 10.6 Å². The van der Waals surface area contributed by atoms with Crippen LogP contribution in [0.4, 0.5) is 0 Å². The topological polar surface area (TPSA) is 50.2 Å². The van der Waals surface area contributed by atoms with Crippen LogP contribution in [-0.4, -0.2) is 16.1 Å². The first-order valence-electron chi connectivity index (χ1n) is 7.01. The van der Waals surface area contributed by atoms with Crippen molar-refractivity contribution in [2.75, 3.05) is 0 Å². The summed E-state index contributed by atoms with van der Waals surface area (Å²) in [6, 6.07) is 8.25. The number of carboxylic acids is 1. The zero-order valence-electron chi connectivity index (χ0n) is 11.4. The van der Waals surface area contributed by atoms with E-state index in [0.717, 1.165) is 40.4 Å². The number of hydrogen-bond donors (Lipinski definition) is 1. The quantitative estimate of drug-likeness (QED) is 0.932. The van der Waals surface area contributed by atoms with Gasteiger partial charge in [0.1, 0.15) is 5.01 Å². The van der Waals surface area contributed by atoms with Crippen molar-refractivity contribution >= 4 is 17.3 Å². The van der Waals surface area contributed by atoms with Gasteiger partial charge in [0.2, 0.25) is 0 Å². The Kier molecular flexibility index (Phi) is 3.57. The summed E-state index contributed by atoms with van der Waals surface area (Å²) in [4.78, 5) is 17.2. The largest absolute Gasteiger partial charge is 0.481 e. The first-order valence-corrected chi connectivity index (χ1v) is 7.83. The van der Waals surface area contributed by atoms with E-state index in [1.54, 1.807) is 11.3 Å². The van der Waals surface area contributed by atoms with Gasteiger partial charge in [-0.25, -0.2) is 4.98 Å². The van der Waals surface area contributed by atoms with Gasteiger partial charge >= 0.3 is 5.97 Å². The van der Waals surface area contributed by atoms with Crippen molar-refractivity contribution in [2.24, 2.45) is 0 Å². The lowest BCUT2D eigenvalue weighted by atomic mass is 9.91. The van der Waals surface area contributed by atoms with E-state index in [1.807, 2.05) is 12.1 Å². The summed E-state index contributed by atoms with van der Waals surface area (Å²) in [6.45, 7) is 2.13. The van der Waals surface area contributed by atoms with E-state index in [1.165, 1.54) is 5.56 Å². The molecule has 0 radical (unpaired) electrons. The average molecular weight is 287 g/mol. The lowest BCUT2D eigenvalue weighted by molar-refractivity contribution is -0.139. The maximum atomic E-state index is 11.4. The van der Waals surface area contributed by atoms with E-state index in [-0.39, 0.29) is 0 Å². The fourth-order valence-corrected chi connectivity index (χ4v) is 4.04. The van der Waals surface area contributed by atoms with Crippen molar-refractivity contribution in [3.05, 3.63) is 40.4 Å². The fraction of sp³-hybridized carbons (Fsp3) is 0.375. The van der Waals surface area contributed by atoms with Gasteiger partial charge in [0, 0.05) is 10.4 Å². The van der Waals surface area contributed by atoms with Crippen molar-refractivity contribution in [1.82, 2.24) is 4.98 Å². The summed E-state index contributed by atoms with van der Waals surface area (Å²) < 4.78 is 0. The third-order valence-electron chi connectivity index (χ3n) is 3.88. The van der Waals surface area contributed by atoms with Crippen LogP contribution in [-0.2, 0) is 17.6 Å². The third kappa shape index (κ3) is 2.24. The van der Waals surface area contributed by atoms with E-state index in [0.29, 0.717) is 6.42 Å². The second-order valence-electron chi connectivity index (χ2n) is 5.12. The molecule has 1 atom stereocenters. The Balaban J connectivity index is 2.07. The molecule has 104 valence electrons. The van der Waals surface area contributed by atoms with E-state index in [9.17, 15) is 9.90 Å². The molecule has 20 heavy (non-hydrogen) atoms. The minimum atomic E-state index is -0.744. The monoisotopic (exact) mass is 287 g/mol. The highest BCUT2D eigenvalue weighted by Gasteiger charge is 2.30. The molecule has 0 fully saturated rings.